The van der Waals surface area contributed by atoms with Crippen molar-refractivity contribution in [1.82, 2.24) is 38.7 Å². The van der Waals surface area contributed by atoms with E-state index in [4.69, 9.17) is 28.8 Å². The van der Waals surface area contributed by atoms with Crippen molar-refractivity contribution < 1.29 is 79.0 Å². The zero-order valence-electron chi connectivity index (χ0n) is 76.7. The smallest absolute Gasteiger partial charge is 0.336 e. The normalized spacial score (nSPS) is 18.8. The first kappa shape index (κ1) is 44.7. The van der Waals surface area contributed by atoms with Gasteiger partial charge in [-0.15, -0.1) is 0 Å². The molecular formula is C73H78F8N8O4S2. The molecule has 502 valence electrons. The van der Waals surface area contributed by atoms with Crippen molar-refractivity contribution in [3.8, 4) is 22.3 Å². The Morgan fingerprint density at radius 3 is 1.59 bits per heavy atom. The maximum absolute atomic E-state index is 14.9. The number of hydrogen-bond acceptors (Lipinski definition) is 10. The van der Waals surface area contributed by atoms with Crippen LogP contribution in [0.3, 0.4) is 0 Å². The van der Waals surface area contributed by atoms with Gasteiger partial charge in [-0.1, -0.05) is 148 Å². The second-order valence-electron chi connectivity index (χ2n) is 21.2. The predicted molar refractivity (Wildman–Crippen MR) is 358 cm³/mol. The Balaban J connectivity index is 0.000000277. The van der Waals surface area contributed by atoms with E-state index in [0.717, 1.165) is 47.9 Å². The van der Waals surface area contributed by atoms with Crippen LogP contribution in [0.5, 0.6) is 0 Å². The summed E-state index contributed by atoms with van der Waals surface area (Å²) in [6.45, 7) is 2.14. The number of carbonyl (C=O) groups excluding carboxylic acids is 2. The summed E-state index contributed by atoms with van der Waals surface area (Å²) in [5, 5.41) is -1.67. The summed E-state index contributed by atoms with van der Waals surface area (Å²) in [6, 6.07) is 3.32. The number of benzene rings is 6. The van der Waals surface area contributed by atoms with Gasteiger partial charge in [-0.3, -0.25) is 19.2 Å². The number of carbonyl (C=O) groups is 2. The summed E-state index contributed by atoms with van der Waals surface area (Å²) >= 11 is 0.0482. The van der Waals surface area contributed by atoms with Crippen molar-refractivity contribution in [1.29, 1.82) is 0 Å². The van der Waals surface area contributed by atoms with E-state index in [9.17, 15) is 59.8 Å². The molecule has 12 nitrogen and oxygen atoms in total. The molecule has 0 N–H and O–H groups in total. The van der Waals surface area contributed by atoms with Crippen molar-refractivity contribution in [3.63, 3.8) is 0 Å². The highest BCUT2D eigenvalue weighted by Crippen LogP contribution is 2.36. The first-order chi connectivity index (χ1) is 55.4. The zero-order chi connectivity index (χ0) is 90.1. The molecule has 2 heterocycles. The Morgan fingerprint density at radius 2 is 1.04 bits per heavy atom. The van der Waals surface area contributed by atoms with Gasteiger partial charge in [-0.25, -0.2) is 8.78 Å². The molecule has 0 spiro atoms. The van der Waals surface area contributed by atoms with Crippen LogP contribution in [0, 0.1) is 18.6 Å². The molecule has 22 heteroatoms. The molecule has 0 radical (unpaired) electrons. The summed E-state index contributed by atoms with van der Waals surface area (Å²) < 4.78 is 327. The predicted octanol–water partition coefficient (Wildman–Crippen LogP) is 14.7. The van der Waals surface area contributed by atoms with Crippen molar-refractivity contribution in [3.05, 3.63) is 233 Å². The van der Waals surface area contributed by atoms with Gasteiger partial charge in [0.15, 0.2) is 10.3 Å². The number of nitrogens with zero attached hydrogens (tertiary/aromatic N) is 8. The minimum absolute atomic E-state index is 0.0539. The summed E-state index contributed by atoms with van der Waals surface area (Å²) in [5.41, 5.74) is -15.4. The average molecular weight is 1370 g/mol. The van der Waals surface area contributed by atoms with Gasteiger partial charge in [0.05, 0.1) is 31.7 Å². The molecule has 0 bridgehead atoms. The fraction of sp³-hybridized carbons (Fsp3) is 0.370. The highest BCUT2D eigenvalue weighted by molar-refractivity contribution is 7.98. The molecule has 10 rings (SSSR count). The second kappa shape index (κ2) is 32.7. The van der Waals surface area contributed by atoms with Crippen LogP contribution in [0.1, 0.15) is 136 Å². The highest BCUT2D eigenvalue weighted by Gasteiger charge is 2.33. The van der Waals surface area contributed by atoms with Crippen LogP contribution >= 0.6 is 23.5 Å². The number of amides is 2. The first-order valence-corrected chi connectivity index (χ1v) is 31.3. The van der Waals surface area contributed by atoms with Gasteiger partial charge in [0.1, 0.15) is 24.6 Å². The van der Waals surface area contributed by atoms with E-state index in [2.05, 4.69) is 9.97 Å². The van der Waals surface area contributed by atoms with Crippen LogP contribution in [0.2, 0.25) is 0 Å². The summed E-state index contributed by atoms with van der Waals surface area (Å²) in [5.74, 6) is -5.00. The van der Waals surface area contributed by atoms with E-state index < -0.39 is 231 Å². The van der Waals surface area contributed by atoms with Gasteiger partial charge < -0.3 is 28.7 Å². The number of fused-ring (bicyclic) bond motifs is 2. The fourth-order valence-corrected chi connectivity index (χ4v) is 11.2. The number of rotatable bonds is 26. The zero-order valence-corrected chi connectivity index (χ0v) is 53.3. The lowest BCUT2D eigenvalue weighted by Crippen LogP contribution is -2.40. The van der Waals surface area contributed by atoms with Gasteiger partial charge in [-0.05, 0) is 164 Å². The van der Waals surface area contributed by atoms with E-state index in [0.29, 0.717) is 60.7 Å². The minimum atomic E-state index is -5.17. The Labute approximate surface area is 592 Å². The van der Waals surface area contributed by atoms with E-state index >= 15 is 0 Å². The maximum Gasteiger partial charge on any atom is 0.416 e. The van der Waals surface area contributed by atoms with Crippen LogP contribution < -0.4 is 11.1 Å². The molecule has 2 aliphatic rings. The molecule has 6 aromatic carbocycles. The molecule has 0 unspecified atom stereocenters. The van der Waals surface area contributed by atoms with Crippen molar-refractivity contribution in [2.75, 3.05) is 52.4 Å². The molecule has 2 aromatic heterocycles. The van der Waals surface area contributed by atoms with Crippen LogP contribution in [-0.2, 0) is 85.0 Å². The number of hydrogen-bond donors (Lipinski definition) is 0. The quantitative estimate of drug-likeness (QED) is 0.0295. The van der Waals surface area contributed by atoms with Crippen LogP contribution in [-0.4, -0.2) is 103 Å². The molecule has 2 aliphatic carbocycles. The average Bonchev–Trinajstić information content (AvgIpc) is 1.51. The monoisotopic (exact) mass is 1370 g/mol. The fourth-order valence-electron chi connectivity index (χ4n) is 9.79. The summed E-state index contributed by atoms with van der Waals surface area (Å²) in [7, 11) is 0. The topological polar surface area (TPSA) is 117 Å². The van der Waals surface area contributed by atoms with Crippen LogP contribution in [0.4, 0.5) is 35.1 Å². The SMILES string of the molecule is [2H]c1c([2H])c(-c2c([2H])c([2H])c(C(F)(F)F)c(C)c2[2H])c([2H])c([2H])c1CN(CCN(CC)CC)C(=O)C([2H])([2H])n1c(SC([2H])([2H])c2ccc(F)cc2)nc(=O)c2c1C([2H])([2H])C([2H])([2H])C2([2H])[2H].[2H]c1c([2H])c(C([2H])([2H])Sc2nc(=O)c3c(n2C([2H])([2H])C(=O)N(CCN(CC)CC)Cc2ccc(-c4ccc(C(F)(F)F)cc4)cc2)CCC3)c([2H])c([2H])c1F. The Bertz CT molecular complexity index is 5330. The van der Waals surface area contributed by atoms with Crippen LogP contribution in [0.25, 0.3) is 22.3 Å². The van der Waals surface area contributed by atoms with Gasteiger partial charge in [0.2, 0.25) is 11.8 Å². The molecule has 0 fully saturated rings. The lowest BCUT2D eigenvalue weighted by atomic mass is 9.98. The second-order valence-corrected chi connectivity index (χ2v) is 22.7. The molecule has 0 atom stereocenters. The number of aromatic nitrogens is 4. The molecule has 2 amide bonds. The first-order valence-electron chi connectivity index (χ1n) is 42.2. The Morgan fingerprint density at radius 1 is 0.547 bits per heavy atom. The Kier molecular flexibility index (Phi) is 15.4. The Hall–Kier alpha value is -7.92. The van der Waals surface area contributed by atoms with E-state index in [-0.39, 0.29) is 77.4 Å². The van der Waals surface area contributed by atoms with Crippen molar-refractivity contribution >= 4 is 35.3 Å². The lowest BCUT2D eigenvalue weighted by molar-refractivity contribution is -0.138. The van der Waals surface area contributed by atoms with E-state index in [1.807, 2.05) is 18.7 Å². The van der Waals surface area contributed by atoms with Gasteiger partial charge in [-0.2, -0.15) is 36.3 Å². The van der Waals surface area contributed by atoms with E-state index in [1.54, 1.807) is 43.0 Å². The van der Waals surface area contributed by atoms with Gasteiger partial charge in [0.25, 0.3) is 11.1 Å². The van der Waals surface area contributed by atoms with Crippen molar-refractivity contribution in [2.45, 2.75) is 133 Å². The molecule has 8 aromatic rings. The van der Waals surface area contributed by atoms with Gasteiger partial charge >= 0.3 is 12.4 Å². The molecule has 95 heavy (non-hydrogen) atoms. The third kappa shape index (κ3) is 19.0. The van der Waals surface area contributed by atoms with Crippen LogP contribution in [0.15, 0.2) is 159 Å². The minimum Gasteiger partial charge on any atom is -0.336 e. The highest BCUT2D eigenvalue weighted by atomic mass is 32.2. The maximum atomic E-state index is 14.9. The third-order valence-corrected chi connectivity index (χ3v) is 16.6. The van der Waals surface area contributed by atoms with E-state index in [1.165, 1.54) is 17.0 Å². The lowest BCUT2D eigenvalue weighted by Gasteiger charge is -2.28. The standard InChI is InChI=1S/C37H40F4N4O2S.C36H38F4N4O2S/c1-4-43(5-2)19-20-44(22-26-9-13-28(14-10-26)29-15-18-32(25(3)21-29)37(39,40)41)34(46)23-45-33-8-6-7-31(33)35(47)42-36(45)48-24-27-11-16-30(38)17-12-27;1-3-42(4-2)20-21-43(22-25-8-12-27(13-9-25)28-14-16-29(17-15-28)36(38,39)40)33(45)23-44-32-7-5-6-31(32)34(46)41-35(44)47-24-26-10-18-30(37)19-11-26/h9-18,21H,4-8,19-20,22-24H2,1-3H3;8-19H,3-7,20-24H2,1-2H3/i6D2,7D2,8D2,9D,10D,13D,14D,15D,18D,21D,23D2,24D2;10D,11D,18D,19D,23D2,24D2. The van der Waals surface area contributed by atoms with Crippen molar-refractivity contribution in [2.24, 2.45) is 0 Å². The summed E-state index contributed by atoms with van der Waals surface area (Å²) in [4.78, 5) is 69.6. The number of halogens is 8. The van der Waals surface area contributed by atoms with Gasteiger partial charge in [0, 0.05) is 86.9 Å². The number of likely N-dealkylation sites (N-methyl/N-ethyl adjacent to an activating group) is 2. The largest absolute Gasteiger partial charge is 0.416 e. The molecule has 0 saturated carbocycles. The summed E-state index contributed by atoms with van der Waals surface area (Å²) in [6.07, 6.45) is -19.7. The third-order valence-electron chi connectivity index (χ3n) is 15.1. The number of alkyl halides is 6. The number of thioether (sulfide) groups is 2. The molecular weight excluding hydrogens is 1270 g/mol. The molecule has 0 aliphatic heterocycles. The molecule has 0 saturated heterocycles.